The van der Waals surface area contributed by atoms with Gasteiger partial charge in [0.25, 0.3) is 5.91 Å². The van der Waals surface area contributed by atoms with Gasteiger partial charge >= 0.3 is 6.03 Å². The minimum Gasteiger partial charge on any atom is -0.497 e. The molecule has 0 radical (unpaired) electrons. The molecule has 8 nitrogen and oxygen atoms in total. The molecule has 2 aromatic carbocycles. The third-order valence-corrected chi connectivity index (χ3v) is 5.89. The summed E-state index contributed by atoms with van der Waals surface area (Å²) in [5.41, 5.74) is 1.20. The Labute approximate surface area is 180 Å². The topological polar surface area (TPSA) is 97.0 Å². The second-order valence-corrected chi connectivity index (χ2v) is 7.71. The molecule has 1 heterocycles. The fourth-order valence-electron chi connectivity index (χ4n) is 4.35. The highest BCUT2D eigenvalue weighted by molar-refractivity contribution is 6.10. The number of urea groups is 1. The van der Waals surface area contributed by atoms with Crippen molar-refractivity contribution < 1.29 is 23.9 Å². The van der Waals surface area contributed by atoms with Crippen molar-refractivity contribution in [3.8, 4) is 11.5 Å². The van der Waals surface area contributed by atoms with E-state index in [-0.39, 0.29) is 12.5 Å². The van der Waals surface area contributed by atoms with Gasteiger partial charge in [0.05, 0.1) is 19.9 Å². The Morgan fingerprint density at radius 1 is 1.13 bits per heavy atom. The van der Waals surface area contributed by atoms with Gasteiger partial charge in [-0.25, -0.2) is 4.79 Å². The van der Waals surface area contributed by atoms with E-state index in [0.29, 0.717) is 23.6 Å². The van der Waals surface area contributed by atoms with Crippen LogP contribution in [0.1, 0.15) is 30.4 Å². The summed E-state index contributed by atoms with van der Waals surface area (Å²) < 4.78 is 10.4. The van der Waals surface area contributed by atoms with Crippen LogP contribution in [-0.4, -0.2) is 43.5 Å². The first-order valence-corrected chi connectivity index (χ1v) is 10.2. The van der Waals surface area contributed by atoms with E-state index < -0.39 is 17.5 Å². The number of methoxy groups -OCH3 is 2. The van der Waals surface area contributed by atoms with Crippen LogP contribution in [0.3, 0.4) is 0 Å². The van der Waals surface area contributed by atoms with Crippen molar-refractivity contribution in [1.82, 2.24) is 10.2 Å². The monoisotopic (exact) mass is 423 g/mol. The first kappa shape index (κ1) is 20.7. The molecule has 31 heavy (non-hydrogen) atoms. The van der Waals surface area contributed by atoms with E-state index in [9.17, 15) is 14.4 Å². The molecule has 1 spiro atoms. The number of rotatable bonds is 5. The molecule has 4 amide bonds. The van der Waals surface area contributed by atoms with E-state index in [0.717, 1.165) is 35.3 Å². The van der Waals surface area contributed by atoms with Gasteiger partial charge in [0.1, 0.15) is 23.6 Å². The fourth-order valence-corrected chi connectivity index (χ4v) is 4.35. The van der Waals surface area contributed by atoms with Crippen LogP contribution in [0.15, 0.2) is 42.5 Å². The molecular weight excluding hydrogens is 398 g/mol. The highest BCUT2D eigenvalue weighted by Crippen LogP contribution is 2.39. The van der Waals surface area contributed by atoms with Gasteiger partial charge in [-0.05, 0) is 48.9 Å². The zero-order chi connectivity index (χ0) is 22.0. The molecule has 4 rings (SSSR count). The van der Waals surface area contributed by atoms with E-state index in [1.165, 1.54) is 14.2 Å². The molecule has 1 saturated heterocycles. The van der Waals surface area contributed by atoms with E-state index in [4.69, 9.17) is 9.47 Å². The molecule has 162 valence electrons. The standard InChI is InChI=1S/C23H25N3O5/c1-30-16-10-11-18(19(13-16)31-2)24-20(27)14-26-21(28)23(25-22(26)29)12-6-5-8-15-7-3-4-9-17(15)23/h3-4,7,9-11,13H,5-6,8,12,14H2,1-2H3,(H,24,27)(H,25,29). The number of amides is 4. The first-order valence-electron chi connectivity index (χ1n) is 10.2. The van der Waals surface area contributed by atoms with Gasteiger partial charge in [0, 0.05) is 6.07 Å². The highest BCUT2D eigenvalue weighted by atomic mass is 16.5. The van der Waals surface area contributed by atoms with Crippen LogP contribution in [0.2, 0.25) is 0 Å². The third-order valence-electron chi connectivity index (χ3n) is 5.89. The number of ether oxygens (including phenoxy) is 2. The zero-order valence-corrected chi connectivity index (χ0v) is 17.6. The van der Waals surface area contributed by atoms with Gasteiger partial charge in [-0.2, -0.15) is 0 Å². The van der Waals surface area contributed by atoms with Crippen LogP contribution in [0.25, 0.3) is 0 Å². The summed E-state index contributed by atoms with van der Waals surface area (Å²) in [6.45, 7) is -0.385. The molecule has 1 unspecified atom stereocenters. The summed E-state index contributed by atoms with van der Waals surface area (Å²) in [5.74, 6) is 0.117. The lowest BCUT2D eigenvalue weighted by Gasteiger charge is -2.27. The largest absolute Gasteiger partial charge is 0.497 e. The Morgan fingerprint density at radius 3 is 2.71 bits per heavy atom. The van der Waals surface area contributed by atoms with Crippen molar-refractivity contribution in [2.75, 3.05) is 26.1 Å². The maximum absolute atomic E-state index is 13.4. The lowest BCUT2D eigenvalue weighted by molar-refractivity contribution is -0.134. The summed E-state index contributed by atoms with van der Waals surface area (Å²) in [4.78, 5) is 39.9. The van der Waals surface area contributed by atoms with E-state index in [2.05, 4.69) is 10.6 Å². The average molecular weight is 423 g/mol. The van der Waals surface area contributed by atoms with Crippen molar-refractivity contribution in [3.05, 3.63) is 53.6 Å². The van der Waals surface area contributed by atoms with Crippen molar-refractivity contribution >= 4 is 23.5 Å². The van der Waals surface area contributed by atoms with E-state index in [1.54, 1.807) is 18.2 Å². The predicted molar refractivity (Wildman–Crippen MR) is 114 cm³/mol. The Morgan fingerprint density at radius 2 is 1.94 bits per heavy atom. The highest BCUT2D eigenvalue weighted by Gasteiger charge is 2.53. The molecule has 1 aliphatic carbocycles. The Hall–Kier alpha value is -3.55. The summed E-state index contributed by atoms with van der Waals surface area (Å²) in [7, 11) is 3.02. The van der Waals surface area contributed by atoms with Gasteiger partial charge < -0.3 is 20.1 Å². The number of nitrogens with zero attached hydrogens (tertiary/aromatic N) is 1. The molecule has 0 saturated carbocycles. The molecule has 2 N–H and O–H groups in total. The molecule has 2 aromatic rings. The average Bonchev–Trinajstić information content (AvgIpc) is 2.92. The van der Waals surface area contributed by atoms with Gasteiger partial charge in [-0.3, -0.25) is 14.5 Å². The van der Waals surface area contributed by atoms with Crippen LogP contribution in [-0.2, 0) is 21.5 Å². The smallest absolute Gasteiger partial charge is 0.325 e. The summed E-state index contributed by atoms with van der Waals surface area (Å²) >= 11 is 0. The van der Waals surface area contributed by atoms with Gasteiger partial charge in [-0.15, -0.1) is 0 Å². The van der Waals surface area contributed by atoms with Crippen LogP contribution >= 0.6 is 0 Å². The second kappa shape index (κ2) is 8.29. The first-order chi connectivity index (χ1) is 15.0. The quantitative estimate of drug-likeness (QED) is 0.721. The number of nitrogens with one attached hydrogen (secondary N) is 2. The van der Waals surface area contributed by atoms with Crippen molar-refractivity contribution in [2.45, 2.75) is 31.2 Å². The number of benzene rings is 2. The second-order valence-electron chi connectivity index (χ2n) is 7.71. The Kier molecular flexibility index (Phi) is 5.54. The number of fused-ring (bicyclic) bond motifs is 2. The summed E-state index contributed by atoms with van der Waals surface area (Å²) in [6, 6.07) is 12.1. The molecule has 0 bridgehead atoms. The fraction of sp³-hybridized carbons (Fsp3) is 0.348. The summed E-state index contributed by atoms with van der Waals surface area (Å²) in [5, 5.41) is 5.60. The van der Waals surface area contributed by atoms with E-state index >= 15 is 0 Å². The molecule has 1 fully saturated rings. The number of imide groups is 1. The number of hydrogen-bond acceptors (Lipinski definition) is 5. The Bertz CT molecular complexity index is 1040. The van der Waals surface area contributed by atoms with Gasteiger partial charge in [0.15, 0.2) is 0 Å². The number of carbonyl (C=O) groups is 3. The molecular formula is C23H25N3O5. The molecule has 1 atom stereocenters. The van der Waals surface area contributed by atoms with Crippen molar-refractivity contribution in [1.29, 1.82) is 0 Å². The van der Waals surface area contributed by atoms with Crippen LogP contribution in [0.5, 0.6) is 11.5 Å². The molecule has 0 aromatic heterocycles. The lowest BCUT2D eigenvalue weighted by Crippen LogP contribution is -2.44. The van der Waals surface area contributed by atoms with Crippen LogP contribution in [0, 0.1) is 0 Å². The molecule has 2 aliphatic rings. The zero-order valence-electron chi connectivity index (χ0n) is 17.6. The predicted octanol–water partition coefficient (Wildman–Crippen LogP) is 2.82. The maximum atomic E-state index is 13.4. The van der Waals surface area contributed by atoms with Crippen LogP contribution in [0.4, 0.5) is 10.5 Å². The number of carbonyl (C=O) groups excluding carboxylic acids is 3. The third kappa shape index (κ3) is 3.69. The molecule has 8 heteroatoms. The number of anilines is 1. The van der Waals surface area contributed by atoms with E-state index in [1.807, 2.05) is 24.3 Å². The SMILES string of the molecule is COc1ccc(NC(=O)CN2C(=O)NC3(CCCCc4ccccc43)C2=O)c(OC)c1. The Balaban J connectivity index is 1.55. The lowest BCUT2D eigenvalue weighted by atomic mass is 9.84. The van der Waals surface area contributed by atoms with Gasteiger partial charge in [0.2, 0.25) is 5.91 Å². The normalized spacial score (nSPS) is 20.1. The van der Waals surface area contributed by atoms with Crippen molar-refractivity contribution in [2.24, 2.45) is 0 Å². The number of hydrogen-bond donors (Lipinski definition) is 2. The minimum atomic E-state index is -1.11. The molecule has 1 aliphatic heterocycles. The van der Waals surface area contributed by atoms with Crippen LogP contribution < -0.4 is 20.1 Å². The number of aryl methyl sites for hydroxylation is 1. The van der Waals surface area contributed by atoms with Crippen molar-refractivity contribution in [3.63, 3.8) is 0 Å². The van der Waals surface area contributed by atoms with Gasteiger partial charge in [-0.1, -0.05) is 24.3 Å². The summed E-state index contributed by atoms with van der Waals surface area (Å²) in [6.07, 6.45) is 3.13. The maximum Gasteiger partial charge on any atom is 0.325 e. The minimum absolute atomic E-state index is 0.385.